The summed E-state index contributed by atoms with van der Waals surface area (Å²) >= 11 is 0. The fourth-order valence-electron chi connectivity index (χ4n) is 2.04. The number of likely N-dealkylation sites (N-methyl/N-ethyl adjacent to an activating group) is 1. The van der Waals surface area contributed by atoms with Crippen LogP contribution in [0.3, 0.4) is 0 Å². The summed E-state index contributed by atoms with van der Waals surface area (Å²) < 4.78 is 43.4. The number of nitrogens with one attached hydrogen (secondary N) is 1. The largest absolute Gasteiger partial charge is 0.405 e. The molecular weight excluding hydrogens is 263 g/mol. The van der Waals surface area contributed by atoms with Crippen LogP contribution < -0.4 is 5.32 Å². The first-order chi connectivity index (χ1) is 8.77. The molecule has 1 N–H and O–H groups in total. The van der Waals surface area contributed by atoms with Crippen LogP contribution in [0.4, 0.5) is 18.0 Å². The second-order valence-corrected chi connectivity index (χ2v) is 4.70. The summed E-state index contributed by atoms with van der Waals surface area (Å²) in [5, 5.41) is 2.54. The van der Waals surface area contributed by atoms with Gasteiger partial charge < -0.3 is 15.0 Å². The van der Waals surface area contributed by atoms with Gasteiger partial charge in [0, 0.05) is 32.8 Å². The highest BCUT2D eigenvalue weighted by atomic mass is 19.4. The molecule has 1 aliphatic heterocycles. The zero-order valence-electron chi connectivity index (χ0n) is 11.3. The van der Waals surface area contributed by atoms with E-state index >= 15 is 0 Å². The van der Waals surface area contributed by atoms with E-state index in [1.807, 2.05) is 0 Å². The molecule has 0 spiro atoms. The molecule has 0 aromatic rings. The van der Waals surface area contributed by atoms with Crippen molar-refractivity contribution in [3.8, 4) is 0 Å². The summed E-state index contributed by atoms with van der Waals surface area (Å²) in [7, 11) is 2.92. The predicted molar refractivity (Wildman–Crippen MR) is 63.9 cm³/mol. The number of hydrogen-bond donors (Lipinski definition) is 1. The Labute approximate surface area is 110 Å². The highest BCUT2D eigenvalue weighted by molar-refractivity contribution is 5.74. The number of urea groups is 1. The van der Waals surface area contributed by atoms with Crippen molar-refractivity contribution < 1.29 is 22.7 Å². The summed E-state index contributed by atoms with van der Waals surface area (Å²) in [6.07, 6.45) is -4.34. The zero-order valence-corrected chi connectivity index (χ0v) is 11.3. The lowest BCUT2D eigenvalue weighted by atomic mass is 10.1. The van der Waals surface area contributed by atoms with Gasteiger partial charge in [-0.1, -0.05) is 0 Å². The molecule has 1 fully saturated rings. The molecule has 2 atom stereocenters. The molecule has 0 aromatic carbocycles. The Bertz CT molecular complexity index is 312. The van der Waals surface area contributed by atoms with Crippen LogP contribution in [0.2, 0.25) is 0 Å². The number of nitrogens with zero attached hydrogens (tertiary/aromatic N) is 2. The van der Waals surface area contributed by atoms with Gasteiger partial charge in [-0.25, -0.2) is 4.79 Å². The molecule has 0 saturated carbocycles. The van der Waals surface area contributed by atoms with E-state index in [0.29, 0.717) is 6.61 Å². The van der Waals surface area contributed by atoms with Gasteiger partial charge in [0.15, 0.2) is 0 Å². The molecule has 19 heavy (non-hydrogen) atoms. The van der Waals surface area contributed by atoms with Crippen LogP contribution in [-0.2, 0) is 4.74 Å². The molecule has 2 unspecified atom stereocenters. The van der Waals surface area contributed by atoms with Gasteiger partial charge in [-0.15, -0.1) is 0 Å². The van der Waals surface area contributed by atoms with E-state index in [2.05, 4.69) is 5.32 Å². The third-order valence-corrected chi connectivity index (χ3v) is 3.31. The molecule has 0 aromatic heterocycles. The number of halogens is 3. The molecule has 1 saturated heterocycles. The molecule has 0 aliphatic carbocycles. The van der Waals surface area contributed by atoms with Gasteiger partial charge in [0.1, 0.15) is 6.04 Å². The Hall–Kier alpha value is -1.02. The van der Waals surface area contributed by atoms with Gasteiger partial charge >= 0.3 is 12.2 Å². The van der Waals surface area contributed by atoms with Crippen molar-refractivity contribution in [2.75, 3.05) is 40.4 Å². The fraction of sp³-hybridized carbons (Fsp3) is 0.909. The molecule has 0 bridgehead atoms. The van der Waals surface area contributed by atoms with Gasteiger partial charge in [0.25, 0.3) is 0 Å². The standard InChI is InChI=1S/C11H20F3N3O2/c1-8-6-17(10(18)15-4-5-19-3)7-9(16(8)2)11(12,13)14/h8-9H,4-7H2,1-3H3,(H,15,18). The molecule has 112 valence electrons. The average molecular weight is 283 g/mol. The Morgan fingerprint density at radius 2 is 2.05 bits per heavy atom. The smallest absolute Gasteiger partial charge is 0.383 e. The maximum absolute atomic E-state index is 12.9. The molecular formula is C11H20F3N3O2. The summed E-state index contributed by atoms with van der Waals surface area (Å²) in [5.41, 5.74) is 0. The number of methoxy groups -OCH3 is 1. The Balaban J connectivity index is 2.63. The lowest BCUT2D eigenvalue weighted by Gasteiger charge is -2.44. The number of carbonyl (C=O) groups is 1. The first-order valence-electron chi connectivity index (χ1n) is 6.07. The summed E-state index contributed by atoms with van der Waals surface area (Å²) in [6, 6.07) is -2.44. The van der Waals surface area contributed by atoms with Gasteiger partial charge in [-0.2, -0.15) is 13.2 Å². The van der Waals surface area contributed by atoms with E-state index in [0.717, 1.165) is 0 Å². The first kappa shape index (κ1) is 16.0. The summed E-state index contributed by atoms with van der Waals surface area (Å²) in [4.78, 5) is 14.2. The van der Waals surface area contributed by atoms with Crippen molar-refractivity contribution in [1.82, 2.24) is 15.1 Å². The lowest BCUT2D eigenvalue weighted by molar-refractivity contribution is -0.196. The minimum absolute atomic E-state index is 0.280. The zero-order chi connectivity index (χ0) is 14.6. The normalized spacial score (nSPS) is 25.5. The first-order valence-corrected chi connectivity index (χ1v) is 6.07. The minimum Gasteiger partial charge on any atom is -0.383 e. The Morgan fingerprint density at radius 1 is 1.42 bits per heavy atom. The van der Waals surface area contributed by atoms with Gasteiger partial charge in [0.05, 0.1) is 6.61 Å². The van der Waals surface area contributed by atoms with Crippen molar-refractivity contribution in [3.63, 3.8) is 0 Å². The fourth-order valence-corrected chi connectivity index (χ4v) is 2.04. The number of ether oxygens (including phenoxy) is 1. The van der Waals surface area contributed by atoms with Gasteiger partial charge in [0.2, 0.25) is 0 Å². The van der Waals surface area contributed by atoms with Crippen LogP contribution in [0.1, 0.15) is 6.92 Å². The maximum Gasteiger partial charge on any atom is 0.405 e. The van der Waals surface area contributed by atoms with Crippen molar-refractivity contribution in [3.05, 3.63) is 0 Å². The molecule has 0 radical (unpaired) electrons. The average Bonchev–Trinajstić information content (AvgIpc) is 2.31. The van der Waals surface area contributed by atoms with Gasteiger partial charge in [-0.3, -0.25) is 4.90 Å². The summed E-state index contributed by atoms with van der Waals surface area (Å²) in [6.45, 7) is 2.23. The number of piperazine rings is 1. The van der Waals surface area contributed by atoms with E-state index in [4.69, 9.17) is 4.74 Å². The SMILES string of the molecule is COCCNC(=O)N1CC(C)N(C)C(C(F)(F)F)C1. The predicted octanol–water partition coefficient (Wildman–Crippen LogP) is 0.909. The molecule has 1 rings (SSSR count). The van der Waals surface area contributed by atoms with E-state index in [1.54, 1.807) is 6.92 Å². The van der Waals surface area contributed by atoms with Crippen molar-refractivity contribution >= 4 is 6.03 Å². The third kappa shape index (κ3) is 4.24. The monoisotopic (exact) mass is 283 g/mol. The van der Waals surface area contributed by atoms with Crippen LogP contribution in [0.15, 0.2) is 0 Å². The maximum atomic E-state index is 12.9. The lowest BCUT2D eigenvalue weighted by Crippen LogP contribution is -2.63. The van der Waals surface area contributed by atoms with Gasteiger partial charge in [-0.05, 0) is 14.0 Å². The van der Waals surface area contributed by atoms with E-state index < -0.39 is 18.2 Å². The van der Waals surface area contributed by atoms with Crippen LogP contribution in [0.5, 0.6) is 0 Å². The molecule has 2 amide bonds. The van der Waals surface area contributed by atoms with E-state index in [9.17, 15) is 18.0 Å². The Morgan fingerprint density at radius 3 is 2.58 bits per heavy atom. The second-order valence-electron chi connectivity index (χ2n) is 4.70. The topological polar surface area (TPSA) is 44.8 Å². The highest BCUT2D eigenvalue weighted by Gasteiger charge is 2.47. The molecule has 8 heteroatoms. The molecule has 1 heterocycles. The Kier molecular flexibility index (Phi) is 5.42. The molecule has 1 aliphatic rings. The van der Waals surface area contributed by atoms with Crippen molar-refractivity contribution in [2.45, 2.75) is 25.2 Å². The second kappa shape index (κ2) is 6.42. The number of alkyl halides is 3. The summed E-state index contributed by atoms with van der Waals surface area (Å²) in [5.74, 6) is 0. The van der Waals surface area contributed by atoms with E-state index in [-0.39, 0.29) is 25.7 Å². The van der Waals surface area contributed by atoms with Crippen LogP contribution in [0.25, 0.3) is 0 Å². The number of hydrogen-bond acceptors (Lipinski definition) is 3. The quantitative estimate of drug-likeness (QED) is 0.783. The molecule has 5 nitrogen and oxygen atoms in total. The third-order valence-electron chi connectivity index (χ3n) is 3.31. The number of rotatable bonds is 3. The van der Waals surface area contributed by atoms with Crippen LogP contribution in [0, 0.1) is 0 Å². The van der Waals surface area contributed by atoms with Crippen molar-refractivity contribution in [2.24, 2.45) is 0 Å². The van der Waals surface area contributed by atoms with Crippen LogP contribution >= 0.6 is 0 Å². The number of carbonyl (C=O) groups excluding carboxylic acids is 1. The van der Waals surface area contributed by atoms with Crippen LogP contribution in [-0.4, -0.2) is 74.5 Å². The highest BCUT2D eigenvalue weighted by Crippen LogP contribution is 2.28. The minimum atomic E-state index is -4.34. The van der Waals surface area contributed by atoms with Crippen molar-refractivity contribution in [1.29, 1.82) is 0 Å². The van der Waals surface area contributed by atoms with E-state index in [1.165, 1.54) is 24.0 Å². The number of amides is 2.